The molecule has 0 aliphatic rings. The summed E-state index contributed by atoms with van der Waals surface area (Å²) in [6, 6.07) is 15.0. The predicted molar refractivity (Wildman–Crippen MR) is 109 cm³/mol. The van der Waals surface area contributed by atoms with Crippen molar-refractivity contribution in [3.63, 3.8) is 0 Å². The fourth-order valence-corrected chi connectivity index (χ4v) is 3.93. The number of amides is 1. The van der Waals surface area contributed by atoms with Crippen LogP contribution in [0.15, 0.2) is 69.3 Å². The molecule has 0 fully saturated rings. The summed E-state index contributed by atoms with van der Waals surface area (Å²) in [4.78, 5) is 32.2. The zero-order valence-corrected chi connectivity index (χ0v) is 15.3. The van der Waals surface area contributed by atoms with E-state index in [-0.39, 0.29) is 12.5 Å². The van der Waals surface area contributed by atoms with E-state index in [4.69, 9.17) is 4.42 Å². The molecule has 2 N–H and O–H groups in total. The van der Waals surface area contributed by atoms with Gasteiger partial charge in [0.1, 0.15) is 6.54 Å². The van der Waals surface area contributed by atoms with Crippen molar-refractivity contribution in [1.29, 1.82) is 0 Å². The fraction of sp³-hybridized carbons (Fsp3) is 0.0500. The number of rotatable bonds is 4. The lowest BCUT2D eigenvalue weighted by molar-refractivity contribution is -0.116. The van der Waals surface area contributed by atoms with Gasteiger partial charge in [-0.05, 0) is 18.2 Å². The van der Waals surface area contributed by atoms with E-state index < -0.39 is 5.76 Å². The number of anilines is 1. The molecule has 0 atom stereocenters. The van der Waals surface area contributed by atoms with Crippen molar-refractivity contribution < 1.29 is 9.21 Å². The number of hydrogen-bond acceptors (Lipinski definition) is 5. The van der Waals surface area contributed by atoms with Gasteiger partial charge in [-0.1, -0.05) is 30.3 Å². The molecule has 0 radical (unpaired) electrons. The third-order valence-corrected chi connectivity index (χ3v) is 5.25. The minimum Gasteiger partial charge on any atom is -0.408 e. The maximum Gasteiger partial charge on any atom is 0.420 e. The Bertz CT molecular complexity index is 1370. The minimum atomic E-state index is -0.560. The van der Waals surface area contributed by atoms with Crippen LogP contribution in [0.25, 0.3) is 33.3 Å². The number of nitrogens with zero attached hydrogens (tertiary/aromatic N) is 2. The molecule has 3 aromatic heterocycles. The van der Waals surface area contributed by atoms with Crippen molar-refractivity contribution in [1.82, 2.24) is 14.5 Å². The van der Waals surface area contributed by atoms with Crippen molar-refractivity contribution in [2.24, 2.45) is 0 Å². The molecule has 5 rings (SSSR count). The number of carbonyl (C=O) groups excluding carboxylic acids is 1. The molecule has 0 spiro atoms. The summed E-state index contributed by atoms with van der Waals surface area (Å²) >= 11 is 1.34. The number of benzene rings is 2. The molecule has 2 aromatic carbocycles. The third kappa shape index (κ3) is 2.80. The standard InChI is InChI=1S/C20H14N4O3S/c25-18(10-24-16-7-3-4-8-17(16)27-20(24)26)23-19-22-15(11-28-19)13-9-21-14-6-2-1-5-12(13)14/h1-9,11,21H,10H2,(H,22,23,25). The zero-order valence-electron chi connectivity index (χ0n) is 14.5. The number of oxazole rings is 1. The Kier molecular flexibility index (Phi) is 3.84. The summed E-state index contributed by atoms with van der Waals surface area (Å²) in [7, 11) is 0. The van der Waals surface area contributed by atoms with Crippen LogP contribution in [0.1, 0.15) is 0 Å². The zero-order chi connectivity index (χ0) is 19.1. The average molecular weight is 390 g/mol. The number of fused-ring (bicyclic) bond motifs is 2. The molecule has 138 valence electrons. The molecule has 0 saturated heterocycles. The lowest BCUT2D eigenvalue weighted by Crippen LogP contribution is -2.24. The van der Waals surface area contributed by atoms with Gasteiger partial charge in [-0.25, -0.2) is 9.78 Å². The molecular formula is C20H14N4O3S. The molecule has 28 heavy (non-hydrogen) atoms. The van der Waals surface area contributed by atoms with Crippen molar-refractivity contribution in [2.75, 3.05) is 5.32 Å². The predicted octanol–water partition coefficient (Wildman–Crippen LogP) is 3.84. The quantitative estimate of drug-likeness (QED) is 0.488. The van der Waals surface area contributed by atoms with Gasteiger partial charge in [-0.15, -0.1) is 11.3 Å². The summed E-state index contributed by atoms with van der Waals surface area (Å²) in [5.41, 5.74) is 3.83. The second-order valence-electron chi connectivity index (χ2n) is 6.26. The number of thiazole rings is 1. The highest BCUT2D eigenvalue weighted by molar-refractivity contribution is 7.14. The second kappa shape index (κ2) is 6.50. The molecule has 5 aromatic rings. The van der Waals surface area contributed by atoms with Crippen LogP contribution in [-0.4, -0.2) is 20.4 Å². The van der Waals surface area contributed by atoms with Gasteiger partial charge in [0, 0.05) is 28.0 Å². The highest BCUT2D eigenvalue weighted by Crippen LogP contribution is 2.30. The lowest BCUT2D eigenvalue weighted by Gasteiger charge is -2.02. The molecule has 8 heteroatoms. The maximum absolute atomic E-state index is 12.4. The largest absolute Gasteiger partial charge is 0.420 e. The summed E-state index contributed by atoms with van der Waals surface area (Å²) in [5, 5.41) is 6.20. The fourth-order valence-electron chi connectivity index (χ4n) is 3.20. The van der Waals surface area contributed by atoms with E-state index in [2.05, 4.69) is 15.3 Å². The number of nitrogens with one attached hydrogen (secondary N) is 2. The Morgan fingerprint density at radius 2 is 2.00 bits per heavy atom. The first-order chi connectivity index (χ1) is 13.7. The summed E-state index contributed by atoms with van der Waals surface area (Å²) in [5.74, 6) is -0.900. The van der Waals surface area contributed by atoms with Crippen molar-refractivity contribution >= 4 is 44.4 Å². The highest BCUT2D eigenvalue weighted by Gasteiger charge is 2.15. The molecule has 1 amide bonds. The van der Waals surface area contributed by atoms with E-state index >= 15 is 0 Å². The molecule has 7 nitrogen and oxygen atoms in total. The van der Waals surface area contributed by atoms with Crippen molar-refractivity contribution in [3.05, 3.63) is 70.7 Å². The number of carbonyl (C=O) groups is 1. The first kappa shape index (κ1) is 16.5. The smallest absolute Gasteiger partial charge is 0.408 e. The molecular weight excluding hydrogens is 376 g/mol. The average Bonchev–Trinajstić information content (AvgIpc) is 3.40. The van der Waals surface area contributed by atoms with E-state index in [1.165, 1.54) is 15.9 Å². The van der Waals surface area contributed by atoms with Gasteiger partial charge in [0.05, 0.1) is 11.2 Å². The lowest BCUT2D eigenvalue weighted by atomic mass is 10.1. The van der Waals surface area contributed by atoms with Crippen molar-refractivity contribution in [3.8, 4) is 11.3 Å². The number of aromatic amines is 1. The number of para-hydroxylation sites is 3. The summed E-state index contributed by atoms with van der Waals surface area (Å²) in [6.07, 6.45) is 1.91. The second-order valence-corrected chi connectivity index (χ2v) is 7.11. The normalized spacial score (nSPS) is 11.3. The van der Waals surface area contributed by atoms with E-state index in [0.717, 1.165) is 22.2 Å². The Labute approximate surface area is 162 Å². The van der Waals surface area contributed by atoms with Gasteiger partial charge < -0.3 is 14.7 Å². The molecule has 0 bridgehead atoms. The van der Waals surface area contributed by atoms with Crippen molar-refractivity contribution in [2.45, 2.75) is 6.54 Å². The van der Waals surface area contributed by atoms with Gasteiger partial charge in [-0.3, -0.25) is 9.36 Å². The molecule has 3 heterocycles. The van der Waals surface area contributed by atoms with Crippen LogP contribution in [0.2, 0.25) is 0 Å². The van der Waals surface area contributed by atoms with Gasteiger partial charge in [0.15, 0.2) is 10.7 Å². The van der Waals surface area contributed by atoms with E-state index in [0.29, 0.717) is 16.2 Å². The Balaban J connectivity index is 1.38. The Morgan fingerprint density at radius 3 is 2.93 bits per heavy atom. The van der Waals surface area contributed by atoms with E-state index in [1.807, 2.05) is 35.8 Å². The third-order valence-electron chi connectivity index (χ3n) is 4.49. The molecule has 0 saturated carbocycles. The minimum absolute atomic E-state index is 0.141. The first-order valence-corrected chi connectivity index (χ1v) is 9.47. The SMILES string of the molecule is O=C(Cn1c(=O)oc2ccccc21)Nc1nc(-c2c[nH]c3ccccc23)cs1. The van der Waals surface area contributed by atoms with Crippen LogP contribution in [0, 0.1) is 0 Å². The first-order valence-electron chi connectivity index (χ1n) is 8.59. The topological polar surface area (TPSA) is 92.9 Å². The van der Waals surface area contributed by atoms with Crippen LogP contribution in [0.4, 0.5) is 5.13 Å². The molecule has 0 unspecified atom stereocenters. The number of hydrogen-bond donors (Lipinski definition) is 2. The number of aromatic nitrogens is 3. The molecule has 0 aliphatic heterocycles. The maximum atomic E-state index is 12.4. The van der Waals surface area contributed by atoms with Gasteiger partial charge in [-0.2, -0.15) is 0 Å². The Hall–Kier alpha value is -3.65. The van der Waals surface area contributed by atoms with Crippen LogP contribution in [0.5, 0.6) is 0 Å². The van der Waals surface area contributed by atoms with Gasteiger partial charge in [0.2, 0.25) is 5.91 Å². The highest BCUT2D eigenvalue weighted by atomic mass is 32.1. The van der Waals surface area contributed by atoms with Crippen LogP contribution in [0.3, 0.4) is 0 Å². The van der Waals surface area contributed by atoms with E-state index in [1.54, 1.807) is 24.3 Å². The van der Waals surface area contributed by atoms with Crippen LogP contribution in [-0.2, 0) is 11.3 Å². The summed E-state index contributed by atoms with van der Waals surface area (Å²) < 4.78 is 6.46. The van der Waals surface area contributed by atoms with Crippen LogP contribution >= 0.6 is 11.3 Å². The monoisotopic (exact) mass is 390 g/mol. The molecule has 0 aliphatic carbocycles. The van der Waals surface area contributed by atoms with Crippen LogP contribution < -0.4 is 11.1 Å². The van der Waals surface area contributed by atoms with Gasteiger partial charge >= 0.3 is 5.76 Å². The number of H-pyrrole nitrogens is 1. The van der Waals surface area contributed by atoms with E-state index in [9.17, 15) is 9.59 Å². The summed E-state index contributed by atoms with van der Waals surface area (Å²) in [6.45, 7) is -0.141. The van der Waals surface area contributed by atoms with Gasteiger partial charge in [0.25, 0.3) is 0 Å². The Morgan fingerprint density at radius 1 is 1.18 bits per heavy atom.